The Hall–Kier alpha value is -0.970. The fourth-order valence-corrected chi connectivity index (χ4v) is 1.54. The summed E-state index contributed by atoms with van der Waals surface area (Å²) in [7, 11) is 5.60. The summed E-state index contributed by atoms with van der Waals surface area (Å²) in [5.41, 5.74) is 0. The molecule has 0 bridgehead atoms. The van der Waals surface area contributed by atoms with Gasteiger partial charge in [-0.1, -0.05) is 11.3 Å². The maximum absolute atomic E-state index is 4.25. The molecule has 0 aliphatic rings. The highest BCUT2D eigenvalue weighted by molar-refractivity contribution is 7.20. The van der Waals surface area contributed by atoms with E-state index in [0.29, 0.717) is 0 Å². The summed E-state index contributed by atoms with van der Waals surface area (Å²) < 4.78 is 0. The molecule has 5 heteroatoms. The Morgan fingerprint density at radius 3 is 2.18 bits per heavy atom. The van der Waals surface area contributed by atoms with Crippen LogP contribution in [0.4, 0.5) is 16.0 Å². The van der Waals surface area contributed by atoms with Crippen LogP contribution in [0.5, 0.6) is 0 Å². The van der Waals surface area contributed by atoms with E-state index in [4.69, 9.17) is 0 Å². The van der Waals surface area contributed by atoms with Crippen LogP contribution in [0.3, 0.4) is 0 Å². The third kappa shape index (κ3) is 1.54. The highest BCUT2D eigenvalue weighted by Crippen LogP contribution is 2.31. The van der Waals surface area contributed by atoms with E-state index in [0.717, 1.165) is 16.0 Å². The lowest BCUT2D eigenvalue weighted by Gasteiger charge is -1.96. The first kappa shape index (κ1) is 8.13. The third-order valence-corrected chi connectivity index (χ3v) is 2.40. The lowest BCUT2D eigenvalue weighted by molar-refractivity contribution is 1.32. The van der Waals surface area contributed by atoms with Crippen LogP contribution < -0.4 is 16.0 Å². The average molecular weight is 172 g/mol. The number of nitrogens with one attached hydrogen (secondary N) is 3. The molecule has 0 aromatic carbocycles. The van der Waals surface area contributed by atoms with Crippen LogP contribution in [0.1, 0.15) is 0 Å². The van der Waals surface area contributed by atoms with Gasteiger partial charge in [0.15, 0.2) is 10.9 Å². The van der Waals surface area contributed by atoms with Gasteiger partial charge >= 0.3 is 0 Å². The fraction of sp³-hybridized carbons (Fsp3) is 0.500. The van der Waals surface area contributed by atoms with E-state index in [-0.39, 0.29) is 0 Å². The highest BCUT2D eigenvalue weighted by atomic mass is 32.1. The van der Waals surface area contributed by atoms with Crippen LogP contribution in [-0.4, -0.2) is 26.1 Å². The molecule has 0 atom stereocenters. The van der Waals surface area contributed by atoms with Crippen molar-refractivity contribution in [3.63, 3.8) is 0 Å². The average Bonchev–Trinajstić information content (AvgIpc) is 2.46. The molecule has 1 aromatic heterocycles. The molecule has 0 fully saturated rings. The summed E-state index contributed by atoms with van der Waals surface area (Å²) in [6, 6.07) is 0. The van der Waals surface area contributed by atoms with E-state index in [1.807, 2.05) is 21.1 Å². The van der Waals surface area contributed by atoms with E-state index in [2.05, 4.69) is 20.9 Å². The SMILES string of the molecule is CNc1nc(NC)c(NC)s1. The zero-order chi connectivity index (χ0) is 8.27. The molecule has 62 valence electrons. The zero-order valence-electron chi connectivity index (χ0n) is 6.86. The maximum Gasteiger partial charge on any atom is 0.186 e. The van der Waals surface area contributed by atoms with Gasteiger partial charge in [0.05, 0.1) is 0 Å². The molecule has 1 rings (SSSR count). The number of thiazole rings is 1. The van der Waals surface area contributed by atoms with Crippen molar-refractivity contribution in [2.45, 2.75) is 0 Å². The summed E-state index contributed by atoms with van der Waals surface area (Å²) in [6.07, 6.45) is 0. The van der Waals surface area contributed by atoms with E-state index in [9.17, 15) is 0 Å². The van der Waals surface area contributed by atoms with Gasteiger partial charge in [0.25, 0.3) is 0 Å². The molecule has 0 saturated heterocycles. The standard InChI is InChI=1S/C6H12N4S/c1-7-4-5(8-2)11-6(9-3)10-4/h7-8H,1-3H3,(H,9,10). The molecule has 0 unspecified atom stereocenters. The van der Waals surface area contributed by atoms with E-state index < -0.39 is 0 Å². The quantitative estimate of drug-likeness (QED) is 0.642. The first-order valence-electron chi connectivity index (χ1n) is 3.36. The smallest absolute Gasteiger partial charge is 0.186 e. The van der Waals surface area contributed by atoms with Gasteiger partial charge in [0.2, 0.25) is 0 Å². The summed E-state index contributed by atoms with van der Waals surface area (Å²) in [6.45, 7) is 0. The second-order valence-corrected chi connectivity index (χ2v) is 2.95. The van der Waals surface area contributed by atoms with Gasteiger partial charge in [-0.2, -0.15) is 0 Å². The van der Waals surface area contributed by atoms with Crippen molar-refractivity contribution < 1.29 is 0 Å². The molecule has 1 aromatic rings. The van der Waals surface area contributed by atoms with Crippen LogP contribution >= 0.6 is 11.3 Å². The molecule has 3 N–H and O–H groups in total. The Bertz CT molecular complexity index is 211. The summed E-state index contributed by atoms with van der Waals surface area (Å²) in [5, 5.41) is 11.0. The number of hydrogen-bond donors (Lipinski definition) is 3. The number of anilines is 3. The molecule has 4 nitrogen and oxygen atoms in total. The van der Waals surface area contributed by atoms with Crippen LogP contribution in [0.2, 0.25) is 0 Å². The predicted molar refractivity (Wildman–Crippen MR) is 50.8 cm³/mol. The molecule has 0 aliphatic heterocycles. The number of nitrogens with zero attached hydrogens (tertiary/aromatic N) is 1. The van der Waals surface area contributed by atoms with Gasteiger partial charge < -0.3 is 16.0 Å². The van der Waals surface area contributed by atoms with Gasteiger partial charge in [-0.25, -0.2) is 4.98 Å². The van der Waals surface area contributed by atoms with Crippen molar-refractivity contribution in [2.24, 2.45) is 0 Å². The normalized spacial score (nSPS) is 9.36. The molecular weight excluding hydrogens is 160 g/mol. The largest absolute Gasteiger partial charge is 0.377 e. The molecule has 1 heterocycles. The van der Waals surface area contributed by atoms with Crippen LogP contribution in [0.25, 0.3) is 0 Å². The maximum atomic E-state index is 4.25. The summed E-state index contributed by atoms with van der Waals surface area (Å²) in [4.78, 5) is 4.25. The van der Waals surface area contributed by atoms with Gasteiger partial charge in [-0.15, -0.1) is 0 Å². The number of rotatable bonds is 3. The van der Waals surface area contributed by atoms with Gasteiger partial charge in [-0.05, 0) is 0 Å². The van der Waals surface area contributed by atoms with Crippen LogP contribution in [-0.2, 0) is 0 Å². The van der Waals surface area contributed by atoms with Gasteiger partial charge in [-0.3, -0.25) is 0 Å². The van der Waals surface area contributed by atoms with Crippen molar-refractivity contribution in [1.82, 2.24) is 4.98 Å². The molecule has 0 saturated carbocycles. The molecule has 11 heavy (non-hydrogen) atoms. The van der Waals surface area contributed by atoms with Crippen molar-refractivity contribution >= 4 is 27.3 Å². The van der Waals surface area contributed by atoms with E-state index in [1.165, 1.54) is 0 Å². The zero-order valence-corrected chi connectivity index (χ0v) is 7.67. The van der Waals surface area contributed by atoms with Crippen molar-refractivity contribution in [2.75, 3.05) is 37.1 Å². The Balaban J connectivity index is 2.92. The second kappa shape index (κ2) is 3.43. The Kier molecular flexibility index (Phi) is 2.53. The fourth-order valence-electron chi connectivity index (χ4n) is 0.766. The number of hydrogen-bond acceptors (Lipinski definition) is 5. The molecule has 0 radical (unpaired) electrons. The molecule has 0 spiro atoms. The minimum absolute atomic E-state index is 0.891. The minimum atomic E-state index is 0.891. The van der Waals surface area contributed by atoms with Gasteiger partial charge in [0.1, 0.15) is 5.00 Å². The first-order valence-corrected chi connectivity index (χ1v) is 4.17. The first-order chi connectivity index (χ1) is 5.31. The third-order valence-electron chi connectivity index (χ3n) is 1.30. The lowest BCUT2D eigenvalue weighted by Crippen LogP contribution is -1.93. The topological polar surface area (TPSA) is 49.0 Å². The van der Waals surface area contributed by atoms with Gasteiger partial charge in [0, 0.05) is 21.1 Å². The monoisotopic (exact) mass is 172 g/mol. The highest BCUT2D eigenvalue weighted by Gasteiger charge is 2.05. The number of aromatic nitrogens is 1. The second-order valence-electron chi connectivity index (χ2n) is 1.95. The van der Waals surface area contributed by atoms with Crippen molar-refractivity contribution in [3.8, 4) is 0 Å². The predicted octanol–water partition coefficient (Wildman–Crippen LogP) is 1.27. The van der Waals surface area contributed by atoms with Crippen LogP contribution in [0, 0.1) is 0 Å². The summed E-state index contributed by atoms with van der Waals surface area (Å²) >= 11 is 1.59. The Morgan fingerprint density at radius 1 is 1.09 bits per heavy atom. The summed E-state index contributed by atoms with van der Waals surface area (Å²) in [5.74, 6) is 0.891. The molecule has 0 amide bonds. The van der Waals surface area contributed by atoms with Crippen LogP contribution in [0.15, 0.2) is 0 Å². The molecular formula is C6H12N4S. The van der Waals surface area contributed by atoms with E-state index in [1.54, 1.807) is 11.3 Å². The van der Waals surface area contributed by atoms with Crippen molar-refractivity contribution in [1.29, 1.82) is 0 Å². The minimum Gasteiger partial charge on any atom is -0.377 e. The van der Waals surface area contributed by atoms with Crippen molar-refractivity contribution in [3.05, 3.63) is 0 Å². The van der Waals surface area contributed by atoms with E-state index >= 15 is 0 Å². The Morgan fingerprint density at radius 2 is 1.82 bits per heavy atom. The lowest BCUT2D eigenvalue weighted by atomic mass is 10.7. The Labute approximate surface area is 70.0 Å². The molecule has 0 aliphatic carbocycles.